The van der Waals surface area contributed by atoms with Crippen LogP contribution in [0.1, 0.15) is 5.56 Å². The number of benzene rings is 2. The van der Waals surface area contributed by atoms with Crippen LogP contribution in [-0.4, -0.2) is 11.0 Å². The summed E-state index contributed by atoms with van der Waals surface area (Å²) in [7, 11) is 0. The van der Waals surface area contributed by atoms with E-state index in [9.17, 15) is 4.39 Å². The van der Waals surface area contributed by atoms with Crippen LogP contribution in [0, 0.1) is 5.82 Å². The Bertz CT molecular complexity index is 617. The topological polar surface area (TPSA) is 58.6 Å². The number of halogens is 2. The Hall–Kier alpha value is -1.72. The molecule has 0 atom stereocenters. The molecule has 3 N–H and O–H groups in total. The molecular weight excluding hydrogens is 287 g/mol. The van der Waals surface area contributed by atoms with Crippen molar-refractivity contribution in [2.45, 2.75) is 9.79 Å². The Morgan fingerprint density at radius 1 is 1.21 bits per heavy atom. The minimum Gasteiger partial charge on any atom is -0.409 e. The molecule has 0 heterocycles. The minimum absolute atomic E-state index is 0.123. The summed E-state index contributed by atoms with van der Waals surface area (Å²) in [5.41, 5.74) is 5.73. The van der Waals surface area contributed by atoms with E-state index < -0.39 is 5.82 Å². The highest BCUT2D eigenvalue weighted by Crippen LogP contribution is 2.30. The van der Waals surface area contributed by atoms with Gasteiger partial charge in [-0.3, -0.25) is 0 Å². The van der Waals surface area contributed by atoms with Crippen LogP contribution < -0.4 is 5.73 Å². The van der Waals surface area contributed by atoms with E-state index in [1.54, 1.807) is 24.3 Å². The van der Waals surface area contributed by atoms with Crippen LogP contribution in [0.2, 0.25) is 5.02 Å². The molecule has 0 aliphatic heterocycles. The smallest absolute Gasteiger partial charge is 0.170 e. The molecule has 2 aromatic rings. The summed E-state index contributed by atoms with van der Waals surface area (Å²) in [6, 6.07) is 11.5. The molecule has 6 heteroatoms. The van der Waals surface area contributed by atoms with Crippen molar-refractivity contribution in [3.8, 4) is 0 Å². The quantitative estimate of drug-likeness (QED) is 0.393. The Balaban J connectivity index is 2.24. The van der Waals surface area contributed by atoms with Crippen LogP contribution in [0.15, 0.2) is 57.4 Å². The number of nitrogens with zero attached hydrogens (tertiary/aromatic N) is 1. The molecule has 2 aromatic carbocycles. The number of nitrogens with two attached hydrogens (primary N) is 1. The van der Waals surface area contributed by atoms with Gasteiger partial charge >= 0.3 is 0 Å². The van der Waals surface area contributed by atoms with Crippen LogP contribution in [0.25, 0.3) is 0 Å². The summed E-state index contributed by atoms with van der Waals surface area (Å²) in [5.74, 6) is -0.550. The molecule has 0 saturated carbocycles. The molecular formula is C13H10ClFN2OS. The lowest BCUT2D eigenvalue weighted by molar-refractivity contribution is 0.318. The van der Waals surface area contributed by atoms with Gasteiger partial charge in [-0.05, 0) is 42.5 Å². The summed E-state index contributed by atoms with van der Waals surface area (Å²) in [6.45, 7) is 0. The molecule has 0 amide bonds. The maximum absolute atomic E-state index is 13.9. The molecule has 0 radical (unpaired) electrons. The molecule has 98 valence electrons. The van der Waals surface area contributed by atoms with E-state index in [4.69, 9.17) is 22.5 Å². The van der Waals surface area contributed by atoms with Crippen LogP contribution in [-0.2, 0) is 0 Å². The average molecular weight is 297 g/mol. The normalized spacial score (nSPS) is 11.6. The summed E-state index contributed by atoms with van der Waals surface area (Å²) < 4.78 is 13.9. The Kier molecular flexibility index (Phi) is 4.29. The van der Waals surface area contributed by atoms with E-state index in [2.05, 4.69) is 5.16 Å². The highest BCUT2D eigenvalue weighted by atomic mass is 35.5. The molecule has 0 unspecified atom stereocenters. The van der Waals surface area contributed by atoms with Crippen LogP contribution in [0.4, 0.5) is 4.39 Å². The number of hydrogen-bond donors (Lipinski definition) is 2. The maximum Gasteiger partial charge on any atom is 0.170 e. The van der Waals surface area contributed by atoms with Crippen LogP contribution >= 0.6 is 23.4 Å². The van der Waals surface area contributed by atoms with E-state index >= 15 is 0 Å². The van der Waals surface area contributed by atoms with Gasteiger partial charge in [0.25, 0.3) is 0 Å². The van der Waals surface area contributed by atoms with Gasteiger partial charge < -0.3 is 10.9 Å². The second kappa shape index (κ2) is 5.95. The van der Waals surface area contributed by atoms with Crippen LogP contribution in [0.5, 0.6) is 0 Å². The third-order valence-corrected chi connectivity index (χ3v) is 3.69. The fraction of sp³-hybridized carbons (Fsp3) is 0. The van der Waals surface area contributed by atoms with E-state index in [1.807, 2.05) is 12.1 Å². The molecule has 0 fully saturated rings. The van der Waals surface area contributed by atoms with Gasteiger partial charge in [0, 0.05) is 20.4 Å². The lowest BCUT2D eigenvalue weighted by Gasteiger charge is -2.05. The van der Waals surface area contributed by atoms with Crippen molar-refractivity contribution in [3.63, 3.8) is 0 Å². The second-order valence-electron chi connectivity index (χ2n) is 3.69. The second-order valence-corrected chi connectivity index (χ2v) is 5.24. The Morgan fingerprint density at radius 2 is 1.89 bits per heavy atom. The van der Waals surface area contributed by atoms with Crippen molar-refractivity contribution >= 4 is 29.2 Å². The zero-order valence-corrected chi connectivity index (χ0v) is 11.2. The summed E-state index contributed by atoms with van der Waals surface area (Å²) >= 11 is 7.06. The van der Waals surface area contributed by atoms with E-state index in [1.165, 1.54) is 17.8 Å². The molecule has 0 aliphatic carbocycles. The minimum atomic E-state index is -0.427. The van der Waals surface area contributed by atoms with Crippen molar-refractivity contribution in [1.29, 1.82) is 0 Å². The molecule has 0 bridgehead atoms. The van der Waals surface area contributed by atoms with Gasteiger partial charge in [0.05, 0.1) is 0 Å². The third-order valence-electron chi connectivity index (χ3n) is 2.38. The number of hydrogen-bond acceptors (Lipinski definition) is 3. The van der Waals surface area contributed by atoms with Crippen molar-refractivity contribution in [2.24, 2.45) is 10.9 Å². The lowest BCUT2D eigenvalue weighted by Crippen LogP contribution is -2.13. The fourth-order valence-electron chi connectivity index (χ4n) is 1.43. The largest absolute Gasteiger partial charge is 0.409 e. The van der Waals surface area contributed by atoms with Crippen LogP contribution in [0.3, 0.4) is 0 Å². The SMILES string of the molecule is N/C(=N\O)c1ccc(Sc2ccc(Cl)cc2)c(F)c1. The van der Waals surface area contributed by atoms with Gasteiger partial charge in [-0.2, -0.15) is 0 Å². The lowest BCUT2D eigenvalue weighted by atomic mass is 10.2. The van der Waals surface area contributed by atoms with E-state index in [0.29, 0.717) is 15.5 Å². The Labute approximate surface area is 118 Å². The summed E-state index contributed by atoms with van der Waals surface area (Å²) in [4.78, 5) is 1.33. The molecule has 3 nitrogen and oxygen atoms in total. The first-order valence-corrected chi connectivity index (χ1v) is 6.50. The first-order valence-electron chi connectivity index (χ1n) is 5.31. The monoisotopic (exact) mass is 296 g/mol. The predicted octanol–water partition coefficient (Wildman–Crippen LogP) is 3.72. The van der Waals surface area contributed by atoms with Gasteiger partial charge in [0.2, 0.25) is 0 Å². The number of rotatable bonds is 3. The molecule has 2 rings (SSSR count). The van der Waals surface area contributed by atoms with Crippen molar-refractivity contribution in [2.75, 3.05) is 0 Å². The average Bonchev–Trinajstić information content (AvgIpc) is 2.42. The summed E-state index contributed by atoms with van der Waals surface area (Å²) in [5, 5.41) is 12.0. The van der Waals surface area contributed by atoms with Gasteiger partial charge in [0.15, 0.2) is 5.84 Å². The van der Waals surface area contributed by atoms with E-state index in [-0.39, 0.29) is 5.84 Å². The summed E-state index contributed by atoms with van der Waals surface area (Å²) in [6.07, 6.45) is 0. The highest BCUT2D eigenvalue weighted by molar-refractivity contribution is 7.99. The molecule has 0 aromatic heterocycles. The number of oxime groups is 1. The van der Waals surface area contributed by atoms with Crippen molar-refractivity contribution < 1.29 is 9.60 Å². The third kappa shape index (κ3) is 3.39. The zero-order valence-electron chi connectivity index (χ0n) is 9.68. The zero-order chi connectivity index (χ0) is 13.8. The first kappa shape index (κ1) is 13.7. The molecule has 0 saturated heterocycles. The Morgan fingerprint density at radius 3 is 2.47 bits per heavy atom. The fourth-order valence-corrected chi connectivity index (χ4v) is 2.37. The number of amidine groups is 1. The standard InChI is InChI=1S/C13H10ClFN2OS/c14-9-2-4-10(5-3-9)19-12-6-1-8(7-11(12)15)13(16)17-18/h1-7,18H,(H2,16,17). The molecule has 19 heavy (non-hydrogen) atoms. The maximum atomic E-state index is 13.9. The molecule has 0 aliphatic rings. The van der Waals surface area contributed by atoms with E-state index in [0.717, 1.165) is 4.90 Å². The van der Waals surface area contributed by atoms with Crippen molar-refractivity contribution in [3.05, 3.63) is 58.9 Å². The van der Waals surface area contributed by atoms with Gasteiger partial charge in [0.1, 0.15) is 5.82 Å². The van der Waals surface area contributed by atoms with Gasteiger partial charge in [-0.1, -0.05) is 28.5 Å². The molecule has 0 spiro atoms. The predicted molar refractivity (Wildman–Crippen MR) is 74.5 cm³/mol. The highest BCUT2D eigenvalue weighted by Gasteiger charge is 2.08. The van der Waals surface area contributed by atoms with Crippen molar-refractivity contribution in [1.82, 2.24) is 0 Å². The first-order chi connectivity index (χ1) is 9.10. The van der Waals surface area contributed by atoms with Gasteiger partial charge in [-0.15, -0.1) is 0 Å². The van der Waals surface area contributed by atoms with Gasteiger partial charge in [-0.25, -0.2) is 4.39 Å².